The summed E-state index contributed by atoms with van der Waals surface area (Å²) < 4.78 is 10.6. The number of hydrogen-bond acceptors (Lipinski definition) is 6. The Hall–Kier alpha value is -3.28. The molecule has 0 amide bonds. The molecule has 0 atom stereocenters. The minimum absolute atomic E-state index is 0.682. The lowest BCUT2D eigenvalue weighted by Gasteiger charge is -2.12. The molecule has 6 heteroatoms. The summed E-state index contributed by atoms with van der Waals surface area (Å²) in [6.07, 6.45) is 0.849. The Kier molecular flexibility index (Phi) is 6.68. The zero-order valence-corrected chi connectivity index (χ0v) is 16.5. The van der Waals surface area contributed by atoms with Crippen molar-refractivity contribution in [3.63, 3.8) is 0 Å². The molecule has 0 bridgehead atoms. The second-order valence-corrected chi connectivity index (χ2v) is 6.38. The van der Waals surface area contributed by atoms with E-state index < -0.39 is 0 Å². The molecule has 0 radical (unpaired) electrons. The van der Waals surface area contributed by atoms with Gasteiger partial charge in [-0.2, -0.15) is 0 Å². The summed E-state index contributed by atoms with van der Waals surface area (Å²) in [4.78, 5) is 8.94. The maximum Gasteiger partial charge on any atom is 0.132 e. The van der Waals surface area contributed by atoms with Gasteiger partial charge in [-0.15, -0.1) is 0 Å². The van der Waals surface area contributed by atoms with Crippen molar-refractivity contribution in [1.29, 1.82) is 0 Å². The summed E-state index contributed by atoms with van der Waals surface area (Å²) in [5, 5.41) is 6.73. The van der Waals surface area contributed by atoms with Gasteiger partial charge in [0, 0.05) is 19.2 Å². The summed E-state index contributed by atoms with van der Waals surface area (Å²) in [7, 11) is 3.36. The number of ether oxygens (including phenoxy) is 2. The Bertz CT molecular complexity index is 897. The fraction of sp³-hybridized carbons (Fsp3) is 0.273. The first kappa shape index (κ1) is 19.5. The Labute approximate surface area is 166 Å². The third-order valence-electron chi connectivity index (χ3n) is 4.36. The molecule has 6 nitrogen and oxygen atoms in total. The number of aryl methyl sites for hydroxylation is 1. The van der Waals surface area contributed by atoms with E-state index >= 15 is 0 Å². The molecule has 0 aliphatic rings. The highest BCUT2D eigenvalue weighted by molar-refractivity contribution is 5.48. The monoisotopic (exact) mass is 378 g/mol. The lowest BCUT2D eigenvalue weighted by molar-refractivity contribution is 0.410. The zero-order valence-electron chi connectivity index (χ0n) is 16.5. The van der Waals surface area contributed by atoms with Crippen LogP contribution in [0.15, 0.2) is 54.6 Å². The lowest BCUT2D eigenvalue weighted by atomic mass is 10.1. The van der Waals surface area contributed by atoms with Crippen LogP contribution in [0, 0.1) is 6.92 Å². The first-order valence-electron chi connectivity index (χ1n) is 9.26. The van der Waals surface area contributed by atoms with Gasteiger partial charge in [0.2, 0.25) is 0 Å². The van der Waals surface area contributed by atoms with E-state index in [1.165, 1.54) is 5.56 Å². The van der Waals surface area contributed by atoms with Gasteiger partial charge in [0.25, 0.3) is 0 Å². The second-order valence-electron chi connectivity index (χ2n) is 6.38. The zero-order chi connectivity index (χ0) is 19.8. The largest absolute Gasteiger partial charge is 0.497 e. The molecule has 3 aromatic rings. The minimum atomic E-state index is 0.682. The molecule has 2 aromatic carbocycles. The highest BCUT2D eigenvalue weighted by Gasteiger charge is 2.04. The van der Waals surface area contributed by atoms with Crippen molar-refractivity contribution in [3.05, 3.63) is 71.5 Å². The molecule has 1 heterocycles. The molecule has 146 valence electrons. The van der Waals surface area contributed by atoms with Crippen molar-refractivity contribution in [2.45, 2.75) is 19.9 Å². The predicted molar refractivity (Wildman–Crippen MR) is 112 cm³/mol. The molecule has 28 heavy (non-hydrogen) atoms. The number of anilines is 2. The van der Waals surface area contributed by atoms with Crippen LogP contribution in [0.25, 0.3) is 0 Å². The van der Waals surface area contributed by atoms with Crippen molar-refractivity contribution in [3.8, 4) is 11.5 Å². The first-order chi connectivity index (χ1) is 13.7. The van der Waals surface area contributed by atoms with E-state index in [4.69, 9.17) is 9.47 Å². The van der Waals surface area contributed by atoms with Gasteiger partial charge in [0.15, 0.2) is 0 Å². The van der Waals surface area contributed by atoms with Crippen LogP contribution in [-0.2, 0) is 13.0 Å². The SMILES string of the molecule is COc1ccc(CNc2cc(NCCc3ccccc3OC)nc(C)n2)cc1. The van der Waals surface area contributed by atoms with Crippen LogP contribution in [-0.4, -0.2) is 30.7 Å². The summed E-state index contributed by atoms with van der Waals surface area (Å²) in [5.41, 5.74) is 2.32. The van der Waals surface area contributed by atoms with E-state index in [9.17, 15) is 0 Å². The molecule has 0 unspecified atom stereocenters. The van der Waals surface area contributed by atoms with Gasteiger partial charge < -0.3 is 20.1 Å². The van der Waals surface area contributed by atoms with Crippen molar-refractivity contribution < 1.29 is 9.47 Å². The molecule has 0 fully saturated rings. The van der Waals surface area contributed by atoms with Crippen LogP contribution < -0.4 is 20.1 Å². The topological polar surface area (TPSA) is 68.3 Å². The number of hydrogen-bond donors (Lipinski definition) is 2. The average Bonchev–Trinajstić information content (AvgIpc) is 2.72. The maximum absolute atomic E-state index is 5.40. The average molecular weight is 378 g/mol. The molecular formula is C22H26N4O2. The Morgan fingerprint density at radius 1 is 0.857 bits per heavy atom. The van der Waals surface area contributed by atoms with Gasteiger partial charge in [-0.05, 0) is 42.7 Å². The summed E-state index contributed by atoms with van der Waals surface area (Å²) in [5.74, 6) is 4.08. The fourth-order valence-corrected chi connectivity index (χ4v) is 2.92. The Morgan fingerprint density at radius 2 is 1.57 bits per heavy atom. The molecule has 0 saturated heterocycles. The molecule has 3 rings (SSSR count). The molecular weight excluding hydrogens is 352 g/mol. The second kappa shape index (κ2) is 9.60. The van der Waals surface area contributed by atoms with Gasteiger partial charge in [-0.3, -0.25) is 0 Å². The smallest absolute Gasteiger partial charge is 0.132 e. The third kappa shape index (κ3) is 5.36. The standard InChI is InChI=1S/C22H26N4O2/c1-16-25-21(23-13-12-18-6-4-5-7-20(18)28-3)14-22(26-16)24-15-17-8-10-19(27-2)11-9-17/h4-11,14H,12-13,15H2,1-3H3,(H2,23,24,25,26). The number of benzene rings is 2. The van der Waals surface area contributed by atoms with E-state index in [1.807, 2.05) is 55.5 Å². The third-order valence-corrected chi connectivity index (χ3v) is 4.36. The number of rotatable bonds is 9. The van der Waals surface area contributed by atoms with Crippen LogP contribution in [0.3, 0.4) is 0 Å². The molecule has 0 aliphatic heterocycles. The van der Waals surface area contributed by atoms with Crippen LogP contribution >= 0.6 is 0 Å². The molecule has 1 aromatic heterocycles. The van der Waals surface area contributed by atoms with Gasteiger partial charge >= 0.3 is 0 Å². The minimum Gasteiger partial charge on any atom is -0.497 e. The lowest BCUT2D eigenvalue weighted by Crippen LogP contribution is -2.10. The van der Waals surface area contributed by atoms with Crippen molar-refractivity contribution >= 4 is 11.6 Å². The summed E-state index contributed by atoms with van der Waals surface area (Å²) in [6, 6.07) is 18.0. The van der Waals surface area contributed by atoms with Gasteiger partial charge in [-0.25, -0.2) is 9.97 Å². The van der Waals surface area contributed by atoms with E-state index in [0.717, 1.165) is 47.5 Å². The molecule has 0 aliphatic carbocycles. The van der Waals surface area contributed by atoms with Crippen LogP contribution in [0.4, 0.5) is 11.6 Å². The van der Waals surface area contributed by atoms with E-state index in [1.54, 1.807) is 14.2 Å². The van der Waals surface area contributed by atoms with Crippen LogP contribution in [0.2, 0.25) is 0 Å². The van der Waals surface area contributed by atoms with Crippen molar-refractivity contribution in [1.82, 2.24) is 9.97 Å². The molecule has 2 N–H and O–H groups in total. The Morgan fingerprint density at radius 3 is 2.29 bits per heavy atom. The van der Waals surface area contributed by atoms with E-state index in [0.29, 0.717) is 6.54 Å². The van der Waals surface area contributed by atoms with Crippen molar-refractivity contribution in [2.75, 3.05) is 31.4 Å². The van der Waals surface area contributed by atoms with E-state index in [-0.39, 0.29) is 0 Å². The van der Waals surface area contributed by atoms with Crippen LogP contribution in [0.5, 0.6) is 11.5 Å². The highest BCUT2D eigenvalue weighted by Crippen LogP contribution is 2.18. The normalized spacial score (nSPS) is 10.4. The van der Waals surface area contributed by atoms with Crippen LogP contribution in [0.1, 0.15) is 17.0 Å². The molecule has 0 saturated carbocycles. The highest BCUT2D eigenvalue weighted by atomic mass is 16.5. The predicted octanol–water partition coefficient (Wildman–Crippen LogP) is 4.07. The quantitative estimate of drug-likeness (QED) is 0.585. The number of methoxy groups -OCH3 is 2. The van der Waals surface area contributed by atoms with Gasteiger partial charge in [-0.1, -0.05) is 30.3 Å². The number of nitrogens with one attached hydrogen (secondary N) is 2. The Balaban J connectivity index is 1.57. The number of para-hydroxylation sites is 1. The summed E-state index contributed by atoms with van der Waals surface area (Å²) >= 11 is 0. The van der Waals surface area contributed by atoms with E-state index in [2.05, 4.69) is 26.7 Å². The first-order valence-corrected chi connectivity index (χ1v) is 9.26. The van der Waals surface area contributed by atoms with Crippen molar-refractivity contribution in [2.24, 2.45) is 0 Å². The number of aromatic nitrogens is 2. The van der Waals surface area contributed by atoms with Gasteiger partial charge in [0.1, 0.15) is 29.0 Å². The molecule has 0 spiro atoms. The van der Waals surface area contributed by atoms with Gasteiger partial charge in [0.05, 0.1) is 14.2 Å². The maximum atomic E-state index is 5.40. The number of nitrogens with zero attached hydrogens (tertiary/aromatic N) is 2. The summed E-state index contributed by atoms with van der Waals surface area (Å²) in [6.45, 7) is 3.33. The fourth-order valence-electron chi connectivity index (χ4n) is 2.92.